The van der Waals surface area contributed by atoms with Gasteiger partial charge in [-0.3, -0.25) is 4.79 Å². The number of aliphatic hydroxyl groups is 1. The second-order valence-corrected chi connectivity index (χ2v) is 12.9. The third-order valence-electron chi connectivity index (χ3n) is 11.2. The quantitative estimate of drug-likeness (QED) is 0.467. The summed E-state index contributed by atoms with van der Waals surface area (Å²) in [5.41, 5.74) is 2.39. The molecule has 3 fully saturated rings. The number of benzene rings is 1. The van der Waals surface area contributed by atoms with Gasteiger partial charge in [-0.15, -0.1) is 0 Å². The van der Waals surface area contributed by atoms with Crippen LogP contribution in [0.3, 0.4) is 0 Å². The van der Waals surface area contributed by atoms with E-state index in [1.54, 1.807) is 35.7 Å². The molecule has 35 heavy (non-hydrogen) atoms. The molecule has 4 heteroatoms. The normalized spacial score (nSPS) is 39.1. The molecule has 1 aromatic rings. The zero-order valence-electron chi connectivity index (χ0n) is 22.1. The predicted molar refractivity (Wildman–Crippen MR) is 138 cm³/mol. The van der Waals surface area contributed by atoms with E-state index in [0.717, 1.165) is 43.4 Å². The summed E-state index contributed by atoms with van der Waals surface area (Å²) >= 11 is 0. The van der Waals surface area contributed by atoms with Gasteiger partial charge in [-0.25, -0.2) is 4.39 Å². The molecule has 3 nitrogen and oxygen atoms in total. The molecule has 4 aliphatic rings. The first-order valence-electron chi connectivity index (χ1n) is 14.0. The summed E-state index contributed by atoms with van der Waals surface area (Å²) in [4.78, 5) is 14.5. The van der Waals surface area contributed by atoms with Gasteiger partial charge in [0, 0.05) is 13.6 Å². The number of fused-ring (bicyclic) bond motifs is 5. The van der Waals surface area contributed by atoms with Crippen molar-refractivity contribution in [2.24, 2.45) is 40.4 Å². The van der Waals surface area contributed by atoms with Gasteiger partial charge in [0.05, 0.1) is 11.7 Å². The van der Waals surface area contributed by atoms with Crippen LogP contribution in [0.5, 0.6) is 0 Å². The van der Waals surface area contributed by atoms with E-state index >= 15 is 0 Å². The van der Waals surface area contributed by atoms with E-state index in [9.17, 15) is 14.3 Å². The second-order valence-electron chi connectivity index (χ2n) is 12.9. The summed E-state index contributed by atoms with van der Waals surface area (Å²) in [7, 11) is 1.81. The molecule has 0 spiro atoms. The first kappa shape index (κ1) is 25.0. The van der Waals surface area contributed by atoms with Gasteiger partial charge in [0.15, 0.2) is 0 Å². The van der Waals surface area contributed by atoms with Crippen LogP contribution in [0, 0.1) is 46.2 Å². The highest BCUT2D eigenvalue weighted by atomic mass is 19.1. The van der Waals surface area contributed by atoms with Crippen LogP contribution in [-0.2, 0) is 0 Å². The second kappa shape index (κ2) is 9.32. The maximum atomic E-state index is 14.1. The number of carbonyl (C=O) groups excluding carboxylic acids is 1. The van der Waals surface area contributed by atoms with Gasteiger partial charge in [-0.05, 0) is 110 Å². The van der Waals surface area contributed by atoms with E-state index in [1.807, 2.05) is 0 Å². The van der Waals surface area contributed by atoms with E-state index in [-0.39, 0.29) is 17.6 Å². The van der Waals surface area contributed by atoms with Crippen LogP contribution in [0.25, 0.3) is 0 Å². The number of nitrogens with zero attached hydrogens (tertiary/aromatic N) is 1. The Labute approximate surface area is 211 Å². The van der Waals surface area contributed by atoms with E-state index < -0.39 is 5.82 Å². The highest BCUT2D eigenvalue weighted by Gasteiger charge is 2.59. The van der Waals surface area contributed by atoms with Gasteiger partial charge in [0.1, 0.15) is 5.82 Å². The molecule has 192 valence electrons. The lowest BCUT2D eigenvalue weighted by Gasteiger charge is -2.58. The lowest BCUT2D eigenvalue weighted by Crippen LogP contribution is -2.50. The van der Waals surface area contributed by atoms with Crippen LogP contribution in [0.15, 0.2) is 35.9 Å². The van der Waals surface area contributed by atoms with Gasteiger partial charge in [-0.1, -0.05) is 44.6 Å². The van der Waals surface area contributed by atoms with Gasteiger partial charge in [-0.2, -0.15) is 0 Å². The van der Waals surface area contributed by atoms with Crippen LogP contribution in [0.2, 0.25) is 0 Å². The number of rotatable bonds is 5. The summed E-state index contributed by atoms with van der Waals surface area (Å²) in [6, 6.07) is 6.29. The topological polar surface area (TPSA) is 40.5 Å². The van der Waals surface area contributed by atoms with Gasteiger partial charge < -0.3 is 10.0 Å². The SMILES string of the molecule is C[C@H](CCN(C)C(=O)c1ccccc1F)[C@H]1CC[C@H]2[C@@H]3CC=C4C[C@@H](O)CC[C@]4(C)[C@H]3CC[C@]12C. The fourth-order valence-corrected chi connectivity index (χ4v) is 9.16. The zero-order chi connectivity index (χ0) is 25.0. The van der Waals surface area contributed by atoms with E-state index in [0.29, 0.717) is 29.2 Å². The molecule has 5 rings (SSSR count). The molecule has 1 aromatic carbocycles. The summed E-state index contributed by atoms with van der Waals surface area (Å²) in [5.74, 6) is 2.91. The third kappa shape index (κ3) is 4.18. The molecule has 0 radical (unpaired) electrons. The number of amides is 1. The molecule has 0 unspecified atom stereocenters. The lowest BCUT2D eigenvalue weighted by atomic mass is 9.47. The number of aliphatic hydroxyl groups excluding tert-OH is 1. The minimum atomic E-state index is -0.439. The first-order valence-corrected chi connectivity index (χ1v) is 14.0. The molecule has 0 heterocycles. The highest BCUT2D eigenvalue weighted by molar-refractivity contribution is 5.94. The molecule has 4 aliphatic carbocycles. The molecule has 0 aromatic heterocycles. The molecule has 0 aliphatic heterocycles. The number of carbonyl (C=O) groups is 1. The lowest BCUT2D eigenvalue weighted by molar-refractivity contribution is -0.0573. The van der Waals surface area contributed by atoms with Gasteiger partial charge >= 0.3 is 0 Å². The minimum Gasteiger partial charge on any atom is -0.393 e. The average molecular weight is 482 g/mol. The van der Waals surface area contributed by atoms with Crippen molar-refractivity contribution in [2.75, 3.05) is 13.6 Å². The third-order valence-corrected chi connectivity index (χ3v) is 11.2. The Morgan fingerprint density at radius 1 is 1.14 bits per heavy atom. The average Bonchev–Trinajstić information content (AvgIpc) is 3.20. The Balaban J connectivity index is 1.25. The predicted octanol–water partition coefficient (Wildman–Crippen LogP) is 6.86. The molecule has 0 saturated heterocycles. The van der Waals surface area contributed by atoms with Crippen molar-refractivity contribution in [3.8, 4) is 0 Å². The van der Waals surface area contributed by atoms with Crippen molar-refractivity contribution in [3.63, 3.8) is 0 Å². The monoisotopic (exact) mass is 481 g/mol. The molecule has 8 atom stereocenters. The standard InChI is InChI=1S/C31H44FNO2/c1-20(15-18-33(4)29(35)24-7-5-6-8-28(24)32)25-11-12-26-23-10-9-21-19-22(34)13-16-30(21,2)27(23)14-17-31(25,26)3/h5-9,20,22-23,25-27,34H,10-19H2,1-4H3/t20-,22+,23+,25-,26+,27+,30+,31-/m1/s1. The smallest absolute Gasteiger partial charge is 0.256 e. The minimum absolute atomic E-state index is 0.139. The molecule has 3 saturated carbocycles. The Morgan fingerprint density at radius 3 is 2.69 bits per heavy atom. The first-order chi connectivity index (χ1) is 16.6. The largest absolute Gasteiger partial charge is 0.393 e. The van der Waals surface area contributed by atoms with Crippen LogP contribution in [0.4, 0.5) is 4.39 Å². The Bertz CT molecular complexity index is 990. The van der Waals surface area contributed by atoms with Crippen LogP contribution >= 0.6 is 0 Å². The fourth-order valence-electron chi connectivity index (χ4n) is 9.16. The highest BCUT2D eigenvalue weighted by Crippen LogP contribution is 2.67. The van der Waals surface area contributed by atoms with Crippen molar-refractivity contribution in [3.05, 3.63) is 47.3 Å². The number of hydrogen-bond acceptors (Lipinski definition) is 2. The Hall–Kier alpha value is -1.68. The molecule has 1 amide bonds. The molecular formula is C31H44FNO2. The van der Waals surface area contributed by atoms with Gasteiger partial charge in [0.25, 0.3) is 5.91 Å². The van der Waals surface area contributed by atoms with E-state index in [2.05, 4.69) is 26.8 Å². The Morgan fingerprint density at radius 2 is 1.91 bits per heavy atom. The van der Waals surface area contributed by atoms with E-state index in [1.165, 1.54) is 38.2 Å². The summed E-state index contributed by atoms with van der Waals surface area (Å²) < 4.78 is 14.1. The molecular weight excluding hydrogens is 437 g/mol. The van der Waals surface area contributed by atoms with Crippen molar-refractivity contribution in [2.45, 2.75) is 84.7 Å². The van der Waals surface area contributed by atoms with Crippen LogP contribution < -0.4 is 0 Å². The maximum absolute atomic E-state index is 14.1. The van der Waals surface area contributed by atoms with Crippen molar-refractivity contribution in [1.82, 2.24) is 4.90 Å². The van der Waals surface area contributed by atoms with E-state index in [4.69, 9.17) is 0 Å². The fraction of sp³-hybridized carbons (Fsp3) is 0.710. The molecule has 0 bridgehead atoms. The Kier molecular flexibility index (Phi) is 6.66. The van der Waals surface area contributed by atoms with Crippen LogP contribution in [-0.4, -0.2) is 35.6 Å². The maximum Gasteiger partial charge on any atom is 0.256 e. The molecule has 1 N–H and O–H groups in total. The van der Waals surface area contributed by atoms with Crippen molar-refractivity contribution < 1.29 is 14.3 Å². The summed E-state index contributed by atoms with van der Waals surface area (Å²) in [6.07, 6.45) is 12.8. The van der Waals surface area contributed by atoms with Crippen molar-refractivity contribution in [1.29, 1.82) is 0 Å². The van der Waals surface area contributed by atoms with Gasteiger partial charge in [0.2, 0.25) is 0 Å². The summed E-state index contributed by atoms with van der Waals surface area (Å²) in [6.45, 7) is 8.13. The number of allylic oxidation sites excluding steroid dienone is 1. The number of hydrogen-bond donors (Lipinski definition) is 1. The van der Waals surface area contributed by atoms with Crippen LogP contribution in [0.1, 0.15) is 88.9 Å². The summed E-state index contributed by atoms with van der Waals surface area (Å²) in [5, 5.41) is 10.3. The zero-order valence-corrected chi connectivity index (χ0v) is 22.1. The number of halogens is 1. The van der Waals surface area contributed by atoms with Crippen molar-refractivity contribution >= 4 is 5.91 Å².